The van der Waals surface area contributed by atoms with Gasteiger partial charge in [-0.1, -0.05) is 65.2 Å². The number of carboxylic acids is 1. The van der Waals surface area contributed by atoms with Gasteiger partial charge in [0, 0.05) is 42.4 Å². The van der Waals surface area contributed by atoms with Gasteiger partial charge in [0.1, 0.15) is 35.0 Å². The predicted octanol–water partition coefficient (Wildman–Crippen LogP) is 10.9. The van der Waals surface area contributed by atoms with Crippen molar-refractivity contribution >= 4 is 39.7 Å². The van der Waals surface area contributed by atoms with Crippen molar-refractivity contribution in [2.45, 2.75) is 132 Å². The molecule has 4 fully saturated rings. The predicted molar refractivity (Wildman–Crippen MR) is 220 cm³/mol. The summed E-state index contributed by atoms with van der Waals surface area (Å²) in [7, 11) is 1.66. The molecule has 0 heterocycles. The lowest BCUT2D eigenvalue weighted by Gasteiger charge is -2.33. The van der Waals surface area contributed by atoms with E-state index in [-0.39, 0.29) is 36.1 Å². The van der Waals surface area contributed by atoms with Crippen LogP contribution in [-0.2, 0) is 19.2 Å². The monoisotopic (exact) mass is 764 g/mol. The lowest BCUT2D eigenvalue weighted by atomic mass is 9.69. The Kier molecular flexibility index (Phi) is 11.2. The molecular weight excluding hydrogens is 701 g/mol. The Morgan fingerprint density at radius 1 is 0.964 bits per heavy atom. The number of benzene rings is 2. The number of hydrogen-bond acceptors (Lipinski definition) is 6. The van der Waals surface area contributed by atoms with Crippen molar-refractivity contribution in [1.82, 2.24) is 0 Å². The third-order valence-electron chi connectivity index (χ3n) is 14.3. The summed E-state index contributed by atoms with van der Waals surface area (Å²) in [6.45, 7) is 14.7. The highest BCUT2D eigenvalue weighted by Crippen LogP contribution is 2.59. The van der Waals surface area contributed by atoms with Crippen LogP contribution in [0.15, 0.2) is 47.6 Å². The third-order valence-corrected chi connectivity index (χ3v) is 14.3. The van der Waals surface area contributed by atoms with E-state index in [2.05, 4.69) is 39.0 Å². The molecule has 0 radical (unpaired) electrons. The zero-order valence-corrected chi connectivity index (χ0v) is 35.0. The second-order valence-electron chi connectivity index (χ2n) is 20.0. The van der Waals surface area contributed by atoms with Crippen LogP contribution in [0.4, 0.5) is 0 Å². The van der Waals surface area contributed by atoms with Crippen molar-refractivity contribution in [3.05, 3.63) is 53.1 Å². The van der Waals surface area contributed by atoms with Gasteiger partial charge in [-0.2, -0.15) is 0 Å². The van der Waals surface area contributed by atoms with E-state index >= 15 is 0 Å². The molecule has 5 aliphatic rings. The number of Topliss-reactive ketones (excluding diaryl/α,β-unsaturated/α-hetero) is 3. The van der Waals surface area contributed by atoms with Gasteiger partial charge >= 0.3 is 5.97 Å². The summed E-state index contributed by atoms with van der Waals surface area (Å²) in [5, 5.41) is 12.2. The fourth-order valence-electron chi connectivity index (χ4n) is 11.1. The Morgan fingerprint density at radius 2 is 1.68 bits per heavy atom. The molecule has 0 saturated heterocycles. The summed E-state index contributed by atoms with van der Waals surface area (Å²) in [5.74, 6) is 1.14. The fraction of sp³-hybridized carbons (Fsp3) is 0.633. The Hall–Kier alpha value is -3.74. The van der Waals surface area contributed by atoms with Crippen LogP contribution >= 0.6 is 0 Å². The lowest BCUT2D eigenvalue weighted by molar-refractivity contribution is -0.147. The quantitative estimate of drug-likeness (QED) is 0.171. The molecule has 1 N–H and O–H groups in total. The number of fused-ring (bicyclic) bond motifs is 2. The van der Waals surface area contributed by atoms with Gasteiger partial charge in [-0.05, 0) is 140 Å². The molecule has 0 amide bonds. The van der Waals surface area contributed by atoms with Gasteiger partial charge in [-0.15, -0.1) is 0 Å². The van der Waals surface area contributed by atoms with E-state index in [0.29, 0.717) is 49.7 Å². The van der Waals surface area contributed by atoms with E-state index in [1.165, 1.54) is 23.1 Å². The van der Waals surface area contributed by atoms with Gasteiger partial charge in [0.2, 0.25) is 0 Å². The first-order chi connectivity index (χ1) is 26.5. The average Bonchev–Trinajstić information content (AvgIpc) is 3.86. The van der Waals surface area contributed by atoms with Crippen LogP contribution in [0.25, 0.3) is 16.3 Å². The number of rotatable bonds is 17. The summed E-state index contributed by atoms with van der Waals surface area (Å²) in [6, 6.07) is 10.2. The zero-order valence-electron chi connectivity index (χ0n) is 35.0. The third kappa shape index (κ3) is 8.29. The zero-order chi connectivity index (χ0) is 40.3. The van der Waals surface area contributed by atoms with Gasteiger partial charge in [-0.3, -0.25) is 19.2 Å². The second kappa shape index (κ2) is 15.5. The van der Waals surface area contributed by atoms with Crippen LogP contribution in [0.5, 0.6) is 11.5 Å². The SMILES string of the molecule is CCC1CC1(CC(=O)C1CC(Oc2cc(C3=C(C)CC(CC(C)C)=C3)cc3cc(OC)ccc23)CC1C(=O)C(CC(=O)CC1CC2CC2C1)C(C)(C)C)C(=O)O. The molecule has 5 aliphatic carbocycles. The van der Waals surface area contributed by atoms with Gasteiger partial charge in [0.15, 0.2) is 0 Å². The summed E-state index contributed by atoms with van der Waals surface area (Å²) in [5.41, 5.74) is 3.45. The maximum absolute atomic E-state index is 14.9. The maximum Gasteiger partial charge on any atom is 0.310 e. The van der Waals surface area contributed by atoms with Gasteiger partial charge in [0.25, 0.3) is 0 Å². The average molecular weight is 765 g/mol. The molecule has 2 aromatic rings. The minimum Gasteiger partial charge on any atom is -0.497 e. The molecule has 0 bridgehead atoms. The van der Waals surface area contributed by atoms with Crippen LogP contribution in [0.3, 0.4) is 0 Å². The number of aliphatic carboxylic acids is 1. The van der Waals surface area contributed by atoms with Gasteiger partial charge in [0.05, 0.1) is 12.5 Å². The summed E-state index contributed by atoms with van der Waals surface area (Å²) in [4.78, 5) is 55.6. The van der Waals surface area contributed by atoms with Gasteiger partial charge < -0.3 is 14.6 Å². The number of ketones is 3. The van der Waals surface area contributed by atoms with E-state index in [9.17, 15) is 24.3 Å². The Balaban J connectivity index is 1.19. The van der Waals surface area contributed by atoms with Crippen molar-refractivity contribution in [3.63, 3.8) is 0 Å². The Bertz CT molecular complexity index is 1950. The summed E-state index contributed by atoms with van der Waals surface area (Å²) < 4.78 is 12.6. The first-order valence-corrected chi connectivity index (χ1v) is 21.5. The fourth-order valence-corrected chi connectivity index (χ4v) is 11.1. The topological polar surface area (TPSA) is 107 Å². The first kappa shape index (κ1) is 40.5. The van der Waals surface area contributed by atoms with E-state index in [0.717, 1.165) is 59.6 Å². The van der Waals surface area contributed by atoms with Crippen molar-refractivity contribution in [2.24, 2.45) is 58.2 Å². The lowest BCUT2D eigenvalue weighted by Crippen LogP contribution is -2.38. The number of carboxylic acid groups (broad SMARTS) is 1. The van der Waals surface area contributed by atoms with Crippen LogP contribution < -0.4 is 9.47 Å². The molecule has 7 rings (SSSR count). The Labute approximate surface area is 334 Å². The number of carbonyl (C=O) groups excluding carboxylic acids is 3. The van der Waals surface area contributed by atoms with E-state index in [4.69, 9.17) is 9.47 Å². The molecule has 302 valence electrons. The largest absolute Gasteiger partial charge is 0.497 e. The van der Waals surface area contributed by atoms with Crippen LogP contribution in [0.2, 0.25) is 0 Å². The highest BCUT2D eigenvalue weighted by atomic mass is 16.5. The molecular formula is C49H64O7. The number of ether oxygens (including phenoxy) is 2. The first-order valence-electron chi connectivity index (χ1n) is 21.5. The van der Waals surface area contributed by atoms with E-state index < -0.39 is 40.7 Å². The molecule has 4 saturated carbocycles. The highest BCUT2D eigenvalue weighted by molar-refractivity contribution is 5.97. The summed E-state index contributed by atoms with van der Waals surface area (Å²) >= 11 is 0. The maximum atomic E-state index is 14.9. The molecule has 8 atom stereocenters. The van der Waals surface area contributed by atoms with Gasteiger partial charge in [-0.25, -0.2) is 0 Å². The summed E-state index contributed by atoms with van der Waals surface area (Å²) in [6.07, 6.45) is 9.96. The second-order valence-corrected chi connectivity index (χ2v) is 20.0. The molecule has 0 aromatic heterocycles. The molecule has 2 aromatic carbocycles. The number of hydrogen-bond donors (Lipinski definition) is 1. The van der Waals surface area contributed by atoms with Crippen molar-refractivity contribution < 1.29 is 33.8 Å². The standard InChI is InChI=1S/C49H64O7/c1-9-35-25-49(35,47(53)54)26-44(51)41-23-38(24-42(41)46(52)43(48(5,6)7)22-36(50)16-30-14-31-18-32(31)15-30)56-45-21-34(19-33-20-37(55-8)10-11-39(33)45)40-17-29(12-27(2)3)13-28(40)4/h10-11,17,19-21,27,30-32,35,38,41-43H,9,12-16,18,22-26H2,1-8H3,(H,53,54). The van der Waals surface area contributed by atoms with Crippen molar-refractivity contribution in [3.8, 4) is 11.5 Å². The minimum absolute atomic E-state index is 0.0392. The molecule has 56 heavy (non-hydrogen) atoms. The van der Waals surface area contributed by atoms with Crippen molar-refractivity contribution in [1.29, 1.82) is 0 Å². The van der Waals surface area contributed by atoms with E-state index in [1.54, 1.807) is 7.11 Å². The number of carbonyl (C=O) groups is 4. The minimum atomic E-state index is -1.06. The van der Waals surface area contributed by atoms with Crippen LogP contribution in [-0.4, -0.2) is 41.6 Å². The number of allylic oxidation sites excluding steroid dienone is 4. The molecule has 0 aliphatic heterocycles. The van der Waals surface area contributed by atoms with Crippen molar-refractivity contribution in [2.75, 3.05) is 7.11 Å². The molecule has 7 heteroatoms. The smallest absolute Gasteiger partial charge is 0.310 e. The highest BCUT2D eigenvalue weighted by Gasteiger charge is 2.61. The van der Waals surface area contributed by atoms with Crippen LogP contribution in [0, 0.1) is 58.2 Å². The molecule has 8 unspecified atom stereocenters. The Morgan fingerprint density at radius 3 is 2.30 bits per heavy atom. The van der Waals surface area contributed by atoms with E-state index in [1.807, 2.05) is 45.9 Å². The van der Waals surface area contributed by atoms with Crippen LogP contribution in [0.1, 0.15) is 131 Å². The molecule has 0 spiro atoms. The normalized spacial score (nSPS) is 30.0. The molecule has 7 nitrogen and oxygen atoms in total. The number of methoxy groups -OCH3 is 1.